The van der Waals surface area contributed by atoms with Crippen LogP contribution in [0.1, 0.15) is 33.1 Å². The molecule has 0 N–H and O–H groups in total. The highest BCUT2D eigenvalue weighted by Crippen LogP contribution is 2.17. The Kier molecular flexibility index (Phi) is 5.95. The van der Waals surface area contributed by atoms with Gasteiger partial charge in [0, 0.05) is 19.5 Å². The summed E-state index contributed by atoms with van der Waals surface area (Å²) in [7, 11) is 0. The first kappa shape index (κ1) is 13.1. The molecule has 90 valence electrons. The van der Waals surface area contributed by atoms with Crippen molar-refractivity contribution in [3.63, 3.8) is 0 Å². The molecule has 3 heteroatoms. The summed E-state index contributed by atoms with van der Waals surface area (Å²) >= 11 is 0. The average Bonchev–Trinajstić information content (AvgIpc) is 2.30. The molecule has 1 aliphatic rings. The second kappa shape index (κ2) is 7.29. The third-order valence-corrected chi connectivity index (χ3v) is 2.86. The topological polar surface area (TPSA) is 29.5 Å². The van der Waals surface area contributed by atoms with Crippen LogP contribution in [0.2, 0.25) is 0 Å². The monoisotopic (exact) mass is 223 g/mol. The van der Waals surface area contributed by atoms with Gasteiger partial charge in [-0.15, -0.1) is 11.8 Å². The number of esters is 1. The zero-order valence-electron chi connectivity index (χ0n) is 10.3. The zero-order valence-corrected chi connectivity index (χ0v) is 10.3. The van der Waals surface area contributed by atoms with Crippen molar-refractivity contribution < 1.29 is 9.53 Å². The van der Waals surface area contributed by atoms with Gasteiger partial charge in [-0.3, -0.25) is 4.79 Å². The van der Waals surface area contributed by atoms with Crippen LogP contribution < -0.4 is 0 Å². The standard InChI is InChI=1S/C13H21NO2/c1-3-5-6-9-14-10-7-8-12(11-14)13(15)16-4-2/h12H,4,6-11H2,1-2H3/t12-/m1/s1. The number of piperidine rings is 1. The summed E-state index contributed by atoms with van der Waals surface area (Å²) in [5.74, 6) is 5.99. The fourth-order valence-electron chi connectivity index (χ4n) is 2.05. The molecule has 3 nitrogen and oxygen atoms in total. The first-order chi connectivity index (χ1) is 7.77. The number of hydrogen-bond donors (Lipinski definition) is 0. The minimum absolute atomic E-state index is 0.0335. The largest absolute Gasteiger partial charge is 0.466 e. The summed E-state index contributed by atoms with van der Waals surface area (Å²) in [6.45, 7) is 7.09. The second-order valence-electron chi connectivity index (χ2n) is 4.07. The number of ether oxygens (including phenoxy) is 1. The molecule has 0 bridgehead atoms. The third kappa shape index (κ3) is 4.24. The normalized spacial score (nSPS) is 21.0. The minimum atomic E-state index is -0.0335. The van der Waals surface area contributed by atoms with E-state index < -0.39 is 0 Å². The summed E-state index contributed by atoms with van der Waals surface area (Å²) in [4.78, 5) is 13.9. The minimum Gasteiger partial charge on any atom is -0.466 e. The van der Waals surface area contributed by atoms with Crippen molar-refractivity contribution in [1.82, 2.24) is 4.90 Å². The van der Waals surface area contributed by atoms with Crippen LogP contribution >= 0.6 is 0 Å². The van der Waals surface area contributed by atoms with Gasteiger partial charge in [-0.05, 0) is 33.2 Å². The zero-order chi connectivity index (χ0) is 11.8. The van der Waals surface area contributed by atoms with Crippen molar-refractivity contribution in [2.45, 2.75) is 33.1 Å². The van der Waals surface area contributed by atoms with E-state index in [0.29, 0.717) is 6.61 Å². The Morgan fingerprint density at radius 2 is 2.38 bits per heavy atom. The first-order valence-corrected chi connectivity index (χ1v) is 6.06. The molecule has 0 spiro atoms. The van der Waals surface area contributed by atoms with Crippen molar-refractivity contribution in [3.05, 3.63) is 0 Å². The van der Waals surface area contributed by atoms with E-state index in [-0.39, 0.29) is 11.9 Å². The van der Waals surface area contributed by atoms with Gasteiger partial charge in [-0.25, -0.2) is 0 Å². The average molecular weight is 223 g/mol. The number of carbonyl (C=O) groups is 1. The van der Waals surface area contributed by atoms with Crippen LogP contribution in [0.25, 0.3) is 0 Å². The summed E-state index contributed by atoms with van der Waals surface area (Å²) in [5.41, 5.74) is 0. The lowest BCUT2D eigenvalue weighted by molar-refractivity contribution is -0.149. The van der Waals surface area contributed by atoms with E-state index in [1.165, 1.54) is 0 Å². The lowest BCUT2D eigenvalue weighted by atomic mass is 9.98. The summed E-state index contributed by atoms with van der Waals surface area (Å²) in [6.07, 6.45) is 2.95. The Morgan fingerprint density at radius 3 is 3.06 bits per heavy atom. The fourth-order valence-corrected chi connectivity index (χ4v) is 2.05. The van der Waals surface area contributed by atoms with Crippen LogP contribution in [0.15, 0.2) is 0 Å². The van der Waals surface area contributed by atoms with E-state index in [1.807, 2.05) is 13.8 Å². The Bertz CT molecular complexity index is 277. The summed E-state index contributed by atoms with van der Waals surface area (Å²) in [5, 5.41) is 0. The van der Waals surface area contributed by atoms with Crippen molar-refractivity contribution in [2.24, 2.45) is 5.92 Å². The van der Waals surface area contributed by atoms with Gasteiger partial charge in [0.2, 0.25) is 0 Å². The maximum absolute atomic E-state index is 11.6. The lowest BCUT2D eigenvalue weighted by Gasteiger charge is -2.30. The molecule has 1 heterocycles. The number of rotatable bonds is 4. The molecule has 0 amide bonds. The van der Waals surface area contributed by atoms with Crippen LogP contribution in [0, 0.1) is 17.8 Å². The fraction of sp³-hybridized carbons (Fsp3) is 0.769. The maximum Gasteiger partial charge on any atom is 0.310 e. The smallest absolute Gasteiger partial charge is 0.310 e. The Morgan fingerprint density at radius 1 is 1.56 bits per heavy atom. The van der Waals surface area contributed by atoms with Gasteiger partial charge in [-0.2, -0.15) is 0 Å². The van der Waals surface area contributed by atoms with E-state index in [9.17, 15) is 4.79 Å². The number of hydrogen-bond acceptors (Lipinski definition) is 3. The SMILES string of the molecule is CC#CCCN1CCC[C@@H](C(=O)OCC)C1. The molecule has 16 heavy (non-hydrogen) atoms. The predicted octanol–water partition coefficient (Wildman–Crippen LogP) is 1.67. The maximum atomic E-state index is 11.6. The molecule has 1 saturated heterocycles. The molecular formula is C13H21NO2. The molecule has 0 aromatic carbocycles. The molecule has 1 rings (SSSR count). The quantitative estimate of drug-likeness (QED) is 0.536. The molecule has 0 saturated carbocycles. The molecule has 0 unspecified atom stereocenters. The molecule has 0 aromatic heterocycles. The highest BCUT2D eigenvalue weighted by atomic mass is 16.5. The molecule has 0 aliphatic carbocycles. The Labute approximate surface area is 98.1 Å². The summed E-state index contributed by atoms with van der Waals surface area (Å²) in [6, 6.07) is 0. The highest BCUT2D eigenvalue weighted by Gasteiger charge is 2.26. The second-order valence-corrected chi connectivity index (χ2v) is 4.07. The molecule has 1 fully saturated rings. The van der Waals surface area contributed by atoms with Gasteiger partial charge in [-0.1, -0.05) is 0 Å². The van der Waals surface area contributed by atoms with Crippen LogP contribution in [0.5, 0.6) is 0 Å². The van der Waals surface area contributed by atoms with Gasteiger partial charge in [0.15, 0.2) is 0 Å². The van der Waals surface area contributed by atoms with Crippen molar-refractivity contribution in [1.29, 1.82) is 0 Å². The molecule has 1 atom stereocenters. The van der Waals surface area contributed by atoms with Gasteiger partial charge in [0.25, 0.3) is 0 Å². The van der Waals surface area contributed by atoms with E-state index in [4.69, 9.17) is 4.74 Å². The Hall–Kier alpha value is -1.01. The van der Waals surface area contributed by atoms with Crippen LogP contribution in [0.4, 0.5) is 0 Å². The Balaban J connectivity index is 2.33. The number of nitrogens with zero attached hydrogens (tertiary/aromatic N) is 1. The van der Waals surface area contributed by atoms with Crippen LogP contribution in [0.3, 0.4) is 0 Å². The number of carbonyl (C=O) groups excluding carboxylic acids is 1. The van der Waals surface area contributed by atoms with E-state index >= 15 is 0 Å². The van der Waals surface area contributed by atoms with Crippen LogP contribution in [-0.2, 0) is 9.53 Å². The van der Waals surface area contributed by atoms with E-state index in [2.05, 4.69) is 16.7 Å². The molecule has 1 aliphatic heterocycles. The lowest BCUT2D eigenvalue weighted by Crippen LogP contribution is -2.39. The molecule has 0 radical (unpaired) electrons. The van der Waals surface area contributed by atoms with Crippen LogP contribution in [-0.4, -0.2) is 37.1 Å². The first-order valence-electron chi connectivity index (χ1n) is 6.06. The van der Waals surface area contributed by atoms with E-state index in [1.54, 1.807) is 0 Å². The van der Waals surface area contributed by atoms with Gasteiger partial charge < -0.3 is 9.64 Å². The molecule has 0 aromatic rings. The van der Waals surface area contributed by atoms with Gasteiger partial charge >= 0.3 is 5.97 Å². The van der Waals surface area contributed by atoms with Crippen molar-refractivity contribution in [2.75, 3.05) is 26.2 Å². The van der Waals surface area contributed by atoms with Gasteiger partial charge in [0.05, 0.1) is 12.5 Å². The van der Waals surface area contributed by atoms with Crippen molar-refractivity contribution in [3.8, 4) is 11.8 Å². The molecular weight excluding hydrogens is 202 g/mol. The highest BCUT2D eigenvalue weighted by molar-refractivity contribution is 5.72. The third-order valence-electron chi connectivity index (χ3n) is 2.86. The van der Waals surface area contributed by atoms with Crippen molar-refractivity contribution >= 4 is 5.97 Å². The predicted molar refractivity (Wildman–Crippen MR) is 63.9 cm³/mol. The summed E-state index contributed by atoms with van der Waals surface area (Å²) < 4.78 is 5.06. The number of likely N-dealkylation sites (tertiary alicyclic amines) is 1. The van der Waals surface area contributed by atoms with E-state index in [0.717, 1.165) is 38.9 Å². The van der Waals surface area contributed by atoms with Gasteiger partial charge in [0.1, 0.15) is 0 Å².